The van der Waals surface area contributed by atoms with Crippen molar-refractivity contribution in [3.05, 3.63) is 121 Å². The topological polar surface area (TPSA) is 43.6 Å². The van der Waals surface area contributed by atoms with Gasteiger partial charge in [0, 0.05) is 0 Å². The summed E-state index contributed by atoms with van der Waals surface area (Å²) in [6.45, 7) is 0. The molecule has 0 bridgehead atoms. The van der Waals surface area contributed by atoms with Crippen LogP contribution in [-0.4, -0.2) is 11.7 Å². The molecule has 5 rings (SSSR count). The smallest absolute Gasteiger partial charge is 0.270 e. The third-order valence-corrected chi connectivity index (χ3v) is 6.64. The van der Waals surface area contributed by atoms with Crippen LogP contribution in [0.4, 0.5) is 0 Å². The summed E-state index contributed by atoms with van der Waals surface area (Å²) >= 11 is 1.46. The molecule has 0 unspecified atom stereocenters. The lowest BCUT2D eigenvalue weighted by Crippen LogP contribution is -2.38. The van der Waals surface area contributed by atoms with Gasteiger partial charge in [0.05, 0.1) is 23.7 Å². The van der Waals surface area contributed by atoms with Crippen molar-refractivity contribution in [1.29, 1.82) is 0 Å². The van der Waals surface area contributed by atoms with E-state index in [1.165, 1.54) is 16.9 Å². The summed E-state index contributed by atoms with van der Waals surface area (Å²) in [6, 6.07) is 28.3. The Morgan fingerprint density at radius 1 is 0.935 bits per heavy atom. The van der Waals surface area contributed by atoms with Crippen LogP contribution in [0.25, 0.3) is 6.08 Å². The highest BCUT2D eigenvalue weighted by molar-refractivity contribution is 7.07. The molecule has 0 aliphatic carbocycles. The molecule has 0 saturated heterocycles. The zero-order valence-electron chi connectivity index (χ0n) is 17.1. The van der Waals surface area contributed by atoms with Crippen LogP contribution in [-0.2, 0) is 0 Å². The van der Waals surface area contributed by atoms with Gasteiger partial charge in [-0.3, -0.25) is 14.4 Å². The molecule has 154 valence electrons. The average Bonchev–Trinajstić information content (AvgIpc) is 3.15. The molecule has 2 heterocycles. The summed E-state index contributed by atoms with van der Waals surface area (Å²) < 4.78 is 7.80. The van der Waals surface area contributed by atoms with Crippen LogP contribution in [0.15, 0.2) is 94.7 Å². The maximum Gasteiger partial charge on any atom is 0.270 e. The molecule has 0 N–H and O–H groups in total. The number of rotatable bonds is 4. The molecular formula is C26H22N2O2S. The summed E-state index contributed by atoms with van der Waals surface area (Å²) in [6.07, 6.45) is 2.70. The normalized spacial score (nSPS) is 18.3. The van der Waals surface area contributed by atoms with Gasteiger partial charge in [-0.25, -0.2) is 0 Å². The number of nitrogens with zero attached hydrogens (tertiary/aromatic N) is 2. The van der Waals surface area contributed by atoms with Crippen molar-refractivity contribution >= 4 is 17.4 Å². The summed E-state index contributed by atoms with van der Waals surface area (Å²) in [7, 11) is 1.65. The van der Waals surface area contributed by atoms with E-state index in [0.29, 0.717) is 4.53 Å². The molecule has 2 atom stereocenters. The van der Waals surface area contributed by atoms with Gasteiger partial charge in [-0.1, -0.05) is 84.1 Å². The van der Waals surface area contributed by atoms with Crippen molar-refractivity contribution in [2.75, 3.05) is 7.11 Å². The minimum Gasteiger partial charge on any atom is -0.497 e. The first-order chi connectivity index (χ1) is 15.2. The zero-order chi connectivity index (χ0) is 21.2. The van der Waals surface area contributed by atoms with Gasteiger partial charge in [0.1, 0.15) is 5.75 Å². The Morgan fingerprint density at radius 2 is 1.58 bits per heavy atom. The monoisotopic (exact) mass is 426 g/mol. The predicted molar refractivity (Wildman–Crippen MR) is 124 cm³/mol. The van der Waals surface area contributed by atoms with Crippen LogP contribution in [0, 0.1) is 0 Å². The first kappa shape index (κ1) is 19.5. The fourth-order valence-corrected chi connectivity index (χ4v) is 5.12. The van der Waals surface area contributed by atoms with Crippen LogP contribution in [0.1, 0.15) is 35.2 Å². The third kappa shape index (κ3) is 3.84. The lowest BCUT2D eigenvalue weighted by atomic mass is 9.94. The highest BCUT2D eigenvalue weighted by Gasteiger charge is 2.28. The molecule has 0 amide bonds. The van der Waals surface area contributed by atoms with Gasteiger partial charge < -0.3 is 4.74 Å². The Balaban J connectivity index is 1.67. The molecule has 5 heteroatoms. The molecule has 0 saturated carbocycles. The number of methoxy groups -OCH3 is 1. The summed E-state index contributed by atoms with van der Waals surface area (Å²) in [5, 5.41) is 0. The number of fused-ring (bicyclic) bond motifs is 1. The summed E-state index contributed by atoms with van der Waals surface area (Å²) in [4.78, 5) is 19.2. The van der Waals surface area contributed by atoms with E-state index < -0.39 is 0 Å². The predicted octanol–water partition coefficient (Wildman–Crippen LogP) is 4.10. The lowest BCUT2D eigenvalue weighted by Gasteiger charge is -2.26. The van der Waals surface area contributed by atoms with Crippen molar-refractivity contribution in [1.82, 2.24) is 4.57 Å². The van der Waals surface area contributed by atoms with Crippen molar-refractivity contribution in [3.8, 4) is 5.75 Å². The summed E-state index contributed by atoms with van der Waals surface area (Å²) in [5.74, 6) is 0.796. The zero-order valence-corrected chi connectivity index (χ0v) is 18.0. The molecule has 31 heavy (non-hydrogen) atoms. The van der Waals surface area contributed by atoms with E-state index in [9.17, 15) is 4.79 Å². The number of benzene rings is 3. The van der Waals surface area contributed by atoms with Gasteiger partial charge in [-0.2, -0.15) is 0 Å². The molecule has 1 aromatic heterocycles. The van der Waals surface area contributed by atoms with Gasteiger partial charge >= 0.3 is 0 Å². The Morgan fingerprint density at radius 3 is 2.23 bits per heavy atom. The highest BCUT2D eigenvalue weighted by Crippen LogP contribution is 2.33. The minimum atomic E-state index is -0.0410. The fourth-order valence-electron chi connectivity index (χ4n) is 4.05. The maximum atomic E-state index is 13.4. The molecule has 1 aliphatic heterocycles. The molecular weight excluding hydrogens is 404 g/mol. The van der Waals surface area contributed by atoms with E-state index in [-0.39, 0.29) is 17.6 Å². The molecule has 4 aromatic rings. The van der Waals surface area contributed by atoms with Gasteiger partial charge in [-0.15, -0.1) is 0 Å². The molecule has 0 radical (unpaired) electrons. The number of aromatic nitrogens is 1. The third-order valence-electron chi connectivity index (χ3n) is 5.64. The number of hydrogen-bond donors (Lipinski definition) is 0. The van der Waals surface area contributed by atoms with Crippen molar-refractivity contribution in [2.24, 2.45) is 4.99 Å². The molecule has 4 nitrogen and oxygen atoms in total. The van der Waals surface area contributed by atoms with E-state index in [2.05, 4.69) is 24.3 Å². The van der Waals surface area contributed by atoms with Crippen LogP contribution >= 0.6 is 11.3 Å². The number of ether oxygens (including phenoxy) is 1. The second-order valence-corrected chi connectivity index (χ2v) is 8.57. The quantitative estimate of drug-likeness (QED) is 0.493. The van der Waals surface area contributed by atoms with Crippen LogP contribution in [0.3, 0.4) is 0 Å². The fraction of sp³-hybridized carbons (Fsp3) is 0.154. The average molecular weight is 427 g/mol. The van der Waals surface area contributed by atoms with E-state index in [1.807, 2.05) is 71.3 Å². The number of hydrogen-bond acceptors (Lipinski definition) is 4. The van der Waals surface area contributed by atoms with Gasteiger partial charge in [0.25, 0.3) is 5.56 Å². The SMILES string of the molecule is COc1ccc(/C=c2/sc3n(c2=O)[C@@H](c2ccccc2)C[C@H](c2ccccc2)N=3)cc1. The molecule has 3 aromatic carbocycles. The Labute approximate surface area is 184 Å². The van der Waals surface area contributed by atoms with Gasteiger partial charge in [0.2, 0.25) is 0 Å². The Hall–Kier alpha value is -3.44. The summed E-state index contributed by atoms with van der Waals surface area (Å²) in [5.41, 5.74) is 3.29. The maximum absolute atomic E-state index is 13.4. The lowest BCUT2D eigenvalue weighted by molar-refractivity contribution is 0.415. The van der Waals surface area contributed by atoms with E-state index in [4.69, 9.17) is 9.73 Å². The van der Waals surface area contributed by atoms with Crippen molar-refractivity contribution in [3.63, 3.8) is 0 Å². The van der Waals surface area contributed by atoms with Crippen LogP contribution < -0.4 is 19.6 Å². The van der Waals surface area contributed by atoms with Crippen molar-refractivity contribution in [2.45, 2.75) is 18.5 Å². The Bertz CT molecular complexity index is 1360. The molecule has 0 spiro atoms. The van der Waals surface area contributed by atoms with Gasteiger partial charge in [0.15, 0.2) is 4.80 Å². The second kappa shape index (κ2) is 8.36. The van der Waals surface area contributed by atoms with Crippen molar-refractivity contribution < 1.29 is 4.74 Å². The minimum absolute atomic E-state index is 0.0138. The molecule has 1 aliphatic rings. The largest absolute Gasteiger partial charge is 0.497 e. The first-order valence-electron chi connectivity index (χ1n) is 10.3. The molecule has 0 fully saturated rings. The van der Waals surface area contributed by atoms with Crippen LogP contribution in [0.5, 0.6) is 5.75 Å². The number of thiazole rings is 1. The van der Waals surface area contributed by atoms with E-state index in [1.54, 1.807) is 7.11 Å². The van der Waals surface area contributed by atoms with E-state index >= 15 is 0 Å². The first-order valence-corrected chi connectivity index (χ1v) is 11.1. The van der Waals surface area contributed by atoms with Gasteiger partial charge in [-0.05, 0) is 41.3 Å². The Kier molecular flexibility index (Phi) is 5.26. The standard InChI is InChI=1S/C26H22N2O2S/c1-30-21-14-12-18(13-15-21)16-24-25(29)28-23(20-10-6-3-7-11-20)17-22(27-26(28)31-24)19-8-4-2-5-9-19/h2-16,22-23H,17H2,1H3/b24-16+/t22-,23-/m1/s1. The highest BCUT2D eigenvalue weighted by atomic mass is 32.1. The van der Waals surface area contributed by atoms with Crippen LogP contribution in [0.2, 0.25) is 0 Å². The van der Waals surface area contributed by atoms with E-state index in [0.717, 1.165) is 28.1 Å². The second-order valence-electron chi connectivity index (χ2n) is 7.56.